The van der Waals surface area contributed by atoms with Gasteiger partial charge < -0.3 is 15.7 Å². The first-order valence-electron chi connectivity index (χ1n) is 9.18. The monoisotopic (exact) mass is 356 g/mol. The predicted octanol–water partition coefficient (Wildman–Crippen LogP) is 1.34. The van der Waals surface area contributed by atoms with Crippen LogP contribution in [0.3, 0.4) is 0 Å². The summed E-state index contributed by atoms with van der Waals surface area (Å²) in [6.07, 6.45) is 1.03. The minimum Gasteiger partial charge on any atom is -0.389 e. The number of carbonyl (C=O) groups is 1. The summed E-state index contributed by atoms with van der Waals surface area (Å²) < 4.78 is 1.85. The number of aliphatic hydroxyl groups is 1. The summed E-state index contributed by atoms with van der Waals surface area (Å²) in [5, 5.41) is 21.5. The Morgan fingerprint density at radius 2 is 2.12 bits per heavy atom. The lowest BCUT2D eigenvalue weighted by molar-refractivity contribution is -0.125. The number of hydrogen-bond acceptors (Lipinski definition) is 4. The third-order valence-electron chi connectivity index (χ3n) is 5.51. The molecular formula is C20H28N4O2. The maximum absolute atomic E-state index is 12.8. The van der Waals surface area contributed by atoms with Crippen LogP contribution in [-0.4, -0.2) is 40.0 Å². The van der Waals surface area contributed by atoms with Crippen molar-refractivity contribution in [2.75, 3.05) is 13.1 Å². The Balaban J connectivity index is 1.76. The van der Waals surface area contributed by atoms with Gasteiger partial charge in [0.05, 0.1) is 17.3 Å². The first kappa shape index (κ1) is 18.6. The van der Waals surface area contributed by atoms with Crippen molar-refractivity contribution in [1.29, 1.82) is 0 Å². The number of piperidine rings is 1. The van der Waals surface area contributed by atoms with Crippen LogP contribution in [0.15, 0.2) is 30.3 Å². The molecule has 3 N–H and O–H groups in total. The second kappa shape index (κ2) is 7.60. The van der Waals surface area contributed by atoms with Gasteiger partial charge in [0.25, 0.3) is 0 Å². The SMILES string of the molecule is Cc1nn(C)c(C)c1CCC(=O)N[C@]1(c2ccccc2)CCNC[C@H]1O. The molecule has 2 heterocycles. The highest BCUT2D eigenvalue weighted by atomic mass is 16.3. The van der Waals surface area contributed by atoms with Crippen molar-refractivity contribution in [1.82, 2.24) is 20.4 Å². The smallest absolute Gasteiger partial charge is 0.221 e. The van der Waals surface area contributed by atoms with Crippen molar-refractivity contribution < 1.29 is 9.90 Å². The first-order chi connectivity index (χ1) is 12.4. The van der Waals surface area contributed by atoms with Crippen molar-refractivity contribution in [2.24, 2.45) is 7.05 Å². The predicted molar refractivity (Wildman–Crippen MR) is 101 cm³/mol. The fourth-order valence-electron chi connectivity index (χ4n) is 3.88. The summed E-state index contributed by atoms with van der Waals surface area (Å²) in [5.74, 6) is -0.0440. The average Bonchev–Trinajstić information content (AvgIpc) is 2.88. The van der Waals surface area contributed by atoms with Gasteiger partial charge in [0.1, 0.15) is 0 Å². The molecular weight excluding hydrogens is 328 g/mol. The molecule has 0 bridgehead atoms. The molecule has 1 amide bonds. The number of aromatic nitrogens is 2. The van der Waals surface area contributed by atoms with Crippen molar-refractivity contribution >= 4 is 5.91 Å². The number of nitrogens with zero attached hydrogens (tertiary/aromatic N) is 2. The third-order valence-corrected chi connectivity index (χ3v) is 5.51. The molecule has 2 aromatic rings. The average molecular weight is 356 g/mol. The minimum absolute atomic E-state index is 0.0440. The highest BCUT2D eigenvalue weighted by Gasteiger charge is 2.42. The number of benzene rings is 1. The lowest BCUT2D eigenvalue weighted by Gasteiger charge is -2.43. The lowest BCUT2D eigenvalue weighted by Crippen LogP contribution is -2.61. The molecule has 3 rings (SSSR count). The zero-order valence-electron chi connectivity index (χ0n) is 15.7. The zero-order valence-corrected chi connectivity index (χ0v) is 15.7. The van der Waals surface area contributed by atoms with E-state index < -0.39 is 11.6 Å². The number of aliphatic hydroxyl groups excluding tert-OH is 1. The number of rotatable bonds is 5. The van der Waals surface area contributed by atoms with Crippen molar-refractivity contribution in [2.45, 2.75) is 44.8 Å². The molecule has 1 aliphatic heterocycles. The molecule has 0 radical (unpaired) electrons. The highest BCUT2D eigenvalue weighted by Crippen LogP contribution is 2.31. The first-order valence-corrected chi connectivity index (χ1v) is 9.18. The van der Waals surface area contributed by atoms with Gasteiger partial charge in [-0.25, -0.2) is 0 Å². The third kappa shape index (κ3) is 3.52. The topological polar surface area (TPSA) is 79.2 Å². The van der Waals surface area contributed by atoms with E-state index in [1.165, 1.54) is 0 Å². The fraction of sp³-hybridized carbons (Fsp3) is 0.500. The maximum Gasteiger partial charge on any atom is 0.221 e. The number of amides is 1. The standard InChI is InChI=1S/C20H28N4O2/c1-14-17(15(2)24(3)23-14)9-10-19(26)22-20(11-12-21-13-18(20)25)16-7-5-4-6-8-16/h4-8,18,21,25H,9-13H2,1-3H3,(H,22,26)/t18-,20+/m1/s1. The molecule has 0 aliphatic carbocycles. The minimum atomic E-state index is -0.734. The van der Waals surface area contributed by atoms with Crippen LogP contribution in [0.1, 0.15) is 35.4 Å². The Morgan fingerprint density at radius 1 is 1.38 bits per heavy atom. The van der Waals surface area contributed by atoms with E-state index in [1.807, 2.05) is 55.9 Å². The number of β-amino-alcohol motifs (C(OH)–C–C–N with tert-alkyl or cyclic N) is 1. The Kier molecular flexibility index (Phi) is 5.44. The summed E-state index contributed by atoms with van der Waals surface area (Å²) in [4.78, 5) is 12.8. The Morgan fingerprint density at radius 3 is 2.73 bits per heavy atom. The number of hydrogen-bond donors (Lipinski definition) is 3. The van der Waals surface area contributed by atoms with Gasteiger partial charge in [-0.15, -0.1) is 0 Å². The Labute approximate surface area is 154 Å². The van der Waals surface area contributed by atoms with Gasteiger partial charge in [0.2, 0.25) is 5.91 Å². The van der Waals surface area contributed by atoms with Crippen LogP contribution in [0, 0.1) is 13.8 Å². The molecule has 6 nitrogen and oxygen atoms in total. The van der Waals surface area contributed by atoms with Gasteiger partial charge in [-0.05, 0) is 44.4 Å². The molecule has 0 saturated carbocycles. The van der Waals surface area contributed by atoms with Crippen LogP contribution in [0.5, 0.6) is 0 Å². The maximum atomic E-state index is 12.8. The molecule has 140 valence electrons. The molecule has 1 fully saturated rings. The molecule has 0 unspecified atom stereocenters. The van der Waals surface area contributed by atoms with Crippen LogP contribution in [0.25, 0.3) is 0 Å². The molecule has 26 heavy (non-hydrogen) atoms. The number of nitrogens with one attached hydrogen (secondary N) is 2. The van der Waals surface area contributed by atoms with Gasteiger partial charge in [-0.1, -0.05) is 30.3 Å². The van der Waals surface area contributed by atoms with Gasteiger partial charge in [-0.3, -0.25) is 9.48 Å². The highest BCUT2D eigenvalue weighted by molar-refractivity contribution is 5.77. The molecule has 1 aromatic heterocycles. The molecule has 6 heteroatoms. The largest absolute Gasteiger partial charge is 0.389 e. The van der Waals surface area contributed by atoms with Crippen molar-refractivity contribution in [3.8, 4) is 0 Å². The quantitative estimate of drug-likeness (QED) is 0.755. The van der Waals surface area contributed by atoms with E-state index in [9.17, 15) is 9.90 Å². The van der Waals surface area contributed by atoms with Crippen LogP contribution >= 0.6 is 0 Å². The molecule has 1 aliphatic rings. The van der Waals surface area contributed by atoms with E-state index in [0.717, 1.165) is 29.1 Å². The van der Waals surface area contributed by atoms with Crippen LogP contribution in [0.2, 0.25) is 0 Å². The van der Waals surface area contributed by atoms with Crippen LogP contribution < -0.4 is 10.6 Å². The molecule has 1 saturated heterocycles. The van der Waals surface area contributed by atoms with E-state index in [-0.39, 0.29) is 5.91 Å². The zero-order chi connectivity index (χ0) is 18.7. The second-order valence-corrected chi connectivity index (χ2v) is 7.13. The van der Waals surface area contributed by atoms with E-state index in [4.69, 9.17) is 0 Å². The number of aryl methyl sites for hydroxylation is 2. The fourth-order valence-corrected chi connectivity index (χ4v) is 3.88. The summed E-state index contributed by atoms with van der Waals surface area (Å²) in [6, 6.07) is 9.79. The van der Waals surface area contributed by atoms with E-state index in [0.29, 0.717) is 25.8 Å². The molecule has 1 aromatic carbocycles. The normalized spacial score (nSPS) is 23.0. The van der Waals surface area contributed by atoms with Crippen molar-refractivity contribution in [3.63, 3.8) is 0 Å². The molecule has 0 spiro atoms. The second-order valence-electron chi connectivity index (χ2n) is 7.13. The van der Waals surface area contributed by atoms with Gasteiger partial charge >= 0.3 is 0 Å². The van der Waals surface area contributed by atoms with Gasteiger partial charge in [0.15, 0.2) is 0 Å². The van der Waals surface area contributed by atoms with E-state index in [1.54, 1.807) is 0 Å². The summed E-state index contributed by atoms with van der Waals surface area (Å²) in [6.45, 7) is 5.22. The van der Waals surface area contributed by atoms with Gasteiger partial charge in [-0.2, -0.15) is 5.10 Å². The number of carbonyl (C=O) groups excluding carboxylic acids is 1. The Bertz CT molecular complexity index is 772. The Hall–Kier alpha value is -2.18. The van der Waals surface area contributed by atoms with E-state index >= 15 is 0 Å². The lowest BCUT2D eigenvalue weighted by atomic mass is 9.79. The van der Waals surface area contributed by atoms with Crippen LogP contribution in [0.4, 0.5) is 0 Å². The van der Waals surface area contributed by atoms with Crippen molar-refractivity contribution in [3.05, 3.63) is 52.8 Å². The summed E-state index contributed by atoms with van der Waals surface area (Å²) in [7, 11) is 1.92. The summed E-state index contributed by atoms with van der Waals surface area (Å²) >= 11 is 0. The van der Waals surface area contributed by atoms with Crippen LogP contribution in [-0.2, 0) is 23.8 Å². The van der Waals surface area contributed by atoms with Gasteiger partial charge in [0, 0.05) is 25.7 Å². The summed E-state index contributed by atoms with van der Waals surface area (Å²) in [5.41, 5.74) is 3.41. The van der Waals surface area contributed by atoms with E-state index in [2.05, 4.69) is 15.7 Å². The molecule has 2 atom stereocenters.